The molecule has 188 valence electrons. The molecule has 2 aromatic carbocycles. The zero-order valence-corrected chi connectivity index (χ0v) is 20.5. The molecule has 0 amide bonds. The largest absolute Gasteiger partial charge is 0.493 e. The van der Waals surface area contributed by atoms with Crippen LogP contribution in [0.3, 0.4) is 0 Å². The van der Waals surface area contributed by atoms with Crippen molar-refractivity contribution in [1.82, 2.24) is 4.57 Å². The summed E-state index contributed by atoms with van der Waals surface area (Å²) >= 11 is 0. The summed E-state index contributed by atoms with van der Waals surface area (Å²) in [5.74, 6) is -0.768. The minimum Gasteiger partial charge on any atom is -0.493 e. The van der Waals surface area contributed by atoms with Gasteiger partial charge >= 0.3 is 5.97 Å². The Morgan fingerprint density at radius 3 is 2.39 bits per heavy atom. The number of nitrogens with two attached hydrogens (primary N) is 1. The summed E-state index contributed by atoms with van der Waals surface area (Å²) in [6.07, 6.45) is 0.532. The summed E-state index contributed by atoms with van der Waals surface area (Å²) in [7, 11) is 4.35. The maximum absolute atomic E-state index is 13.8. The van der Waals surface area contributed by atoms with Gasteiger partial charge in [-0.05, 0) is 48.7 Å². The molecular formula is C27H27FN2O6. The van der Waals surface area contributed by atoms with E-state index in [2.05, 4.69) is 0 Å². The van der Waals surface area contributed by atoms with Crippen LogP contribution >= 0.6 is 0 Å². The van der Waals surface area contributed by atoms with Crippen molar-refractivity contribution in [3.05, 3.63) is 98.5 Å². The summed E-state index contributed by atoms with van der Waals surface area (Å²) in [5.41, 5.74) is 8.10. The van der Waals surface area contributed by atoms with E-state index in [-0.39, 0.29) is 28.3 Å². The van der Waals surface area contributed by atoms with Gasteiger partial charge in [0.25, 0.3) is 5.56 Å². The zero-order valence-electron chi connectivity index (χ0n) is 20.5. The Labute approximate surface area is 207 Å². The number of aromatic nitrogens is 1. The first-order valence-corrected chi connectivity index (χ1v) is 11.3. The van der Waals surface area contributed by atoms with Crippen molar-refractivity contribution in [1.29, 1.82) is 0 Å². The number of hydrogen-bond acceptors (Lipinski definition) is 7. The Kier molecular flexibility index (Phi) is 7.00. The molecule has 4 rings (SSSR count). The summed E-state index contributed by atoms with van der Waals surface area (Å²) in [5, 5.41) is 0. The lowest BCUT2D eigenvalue weighted by Gasteiger charge is -2.29. The highest BCUT2D eigenvalue weighted by atomic mass is 19.1. The average Bonchev–Trinajstić information content (AvgIpc) is 2.87. The molecule has 0 spiro atoms. The highest BCUT2D eigenvalue weighted by molar-refractivity contribution is 5.92. The number of hydrogen-bond donors (Lipinski definition) is 1. The Bertz CT molecular complexity index is 1390. The van der Waals surface area contributed by atoms with Crippen molar-refractivity contribution in [2.75, 3.05) is 21.3 Å². The first-order valence-electron chi connectivity index (χ1n) is 11.3. The fraction of sp³-hybridized carbons (Fsp3) is 0.259. The predicted octanol–water partition coefficient (Wildman–Crippen LogP) is 3.42. The van der Waals surface area contributed by atoms with Crippen LogP contribution in [0.25, 0.3) is 0 Å². The van der Waals surface area contributed by atoms with Gasteiger partial charge in [0, 0.05) is 18.3 Å². The number of ether oxygens (including phenoxy) is 4. The van der Waals surface area contributed by atoms with Gasteiger partial charge in [-0.2, -0.15) is 0 Å². The van der Waals surface area contributed by atoms with Gasteiger partial charge < -0.3 is 29.2 Å². The second-order valence-electron chi connectivity index (χ2n) is 8.32. The molecule has 0 bridgehead atoms. The molecule has 9 heteroatoms. The molecule has 1 atom stereocenters. The summed E-state index contributed by atoms with van der Waals surface area (Å²) < 4.78 is 36.6. The van der Waals surface area contributed by atoms with E-state index in [0.29, 0.717) is 35.7 Å². The highest BCUT2D eigenvalue weighted by Crippen LogP contribution is 2.41. The molecule has 1 aliphatic rings. The van der Waals surface area contributed by atoms with Crippen LogP contribution in [0.1, 0.15) is 28.3 Å². The molecule has 0 saturated carbocycles. The number of carbonyl (C=O) groups excluding carboxylic acids is 1. The molecule has 2 N–H and O–H groups in total. The van der Waals surface area contributed by atoms with E-state index in [1.54, 1.807) is 31.8 Å². The number of halogens is 1. The molecule has 0 fully saturated rings. The first kappa shape index (κ1) is 24.8. The van der Waals surface area contributed by atoms with Crippen molar-refractivity contribution >= 4 is 5.97 Å². The fourth-order valence-corrected chi connectivity index (χ4v) is 4.44. The van der Waals surface area contributed by atoms with Gasteiger partial charge in [0.05, 0.1) is 32.8 Å². The van der Waals surface area contributed by atoms with E-state index in [1.165, 1.54) is 31.4 Å². The Balaban J connectivity index is 1.79. The van der Waals surface area contributed by atoms with Gasteiger partial charge in [-0.3, -0.25) is 4.79 Å². The topological polar surface area (TPSA) is 102 Å². The van der Waals surface area contributed by atoms with Gasteiger partial charge in [-0.25, -0.2) is 9.18 Å². The minimum atomic E-state index is -0.887. The molecule has 1 aromatic heterocycles. The van der Waals surface area contributed by atoms with E-state index in [4.69, 9.17) is 24.7 Å². The third kappa shape index (κ3) is 4.51. The second-order valence-corrected chi connectivity index (χ2v) is 8.32. The highest BCUT2D eigenvalue weighted by Gasteiger charge is 2.38. The van der Waals surface area contributed by atoms with E-state index in [9.17, 15) is 14.0 Å². The quantitative estimate of drug-likeness (QED) is 0.502. The number of benzene rings is 2. The van der Waals surface area contributed by atoms with Crippen LogP contribution in [0.4, 0.5) is 4.39 Å². The number of carbonyl (C=O) groups is 1. The molecule has 3 aromatic rings. The lowest BCUT2D eigenvalue weighted by molar-refractivity contribution is -0.136. The van der Waals surface area contributed by atoms with Crippen molar-refractivity contribution in [2.24, 2.45) is 5.73 Å². The lowest BCUT2D eigenvalue weighted by atomic mass is 9.83. The van der Waals surface area contributed by atoms with Gasteiger partial charge in [-0.15, -0.1) is 0 Å². The number of fused-ring (bicyclic) bond motifs is 1. The van der Waals surface area contributed by atoms with Gasteiger partial charge in [0.1, 0.15) is 17.1 Å². The summed E-state index contributed by atoms with van der Waals surface area (Å²) in [6, 6.07) is 12.8. The Morgan fingerprint density at radius 1 is 1.06 bits per heavy atom. The standard InChI is InChI=1S/C27H27FN2O6/c1-15-13-21-23(26(31)30(15)12-11-16-5-10-19(33-2)20(14-16)34-3)22(17-6-8-18(28)9-7-17)24(25(29)36-21)27(32)35-4/h5-10,13-14,22H,11-12,29H2,1-4H3. The zero-order chi connectivity index (χ0) is 26.0. The fourth-order valence-electron chi connectivity index (χ4n) is 4.44. The van der Waals surface area contributed by atoms with Crippen molar-refractivity contribution in [3.8, 4) is 17.2 Å². The third-order valence-corrected chi connectivity index (χ3v) is 6.25. The average molecular weight is 495 g/mol. The number of nitrogens with zero attached hydrogens (tertiary/aromatic N) is 1. The molecule has 0 aliphatic carbocycles. The van der Waals surface area contributed by atoms with Crippen molar-refractivity contribution in [2.45, 2.75) is 25.8 Å². The van der Waals surface area contributed by atoms with Crippen molar-refractivity contribution < 1.29 is 28.1 Å². The van der Waals surface area contributed by atoms with E-state index in [0.717, 1.165) is 5.56 Å². The van der Waals surface area contributed by atoms with Crippen LogP contribution in [0, 0.1) is 12.7 Å². The van der Waals surface area contributed by atoms with Crippen LogP contribution in [0.15, 0.2) is 64.8 Å². The van der Waals surface area contributed by atoms with Crippen LogP contribution in [0.5, 0.6) is 17.2 Å². The summed E-state index contributed by atoms with van der Waals surface area (Å²) in [6.45, 7) is 2.15. The van der Waals surface area contributed by atoms with Gasteiger partial charge in [0.2, 0.25) is 5.88 Å². The molecule has 36 heavy (non-hydrogen) atoms. The maximum atomic E-state index is 13.8. The molecule has 1 aliphatic heterocycles. The number of aryl methyl sites for hydroxylation is 2. The van der Waals surface area contributed by atoms with Gasteiger partial charge in [0.15, 0.2) is 11.5 Å². The Morgan fingerprint density at radius 2 is 1.75 bits per heavy atom. The third-order valence-electron chi connectivity index (χ3n) is 6.25. The normalized spacial score (nSPS) is 14.6. The molecule has 2 heterocycles. The smallest absolute Gasteiger partial charge is 0.340 e. The summed E-state index contributed by atoms with van der Waals surface area (Å²) in [4.78, 5) is 26.5. The van der Waals surface area contributed by atoms with E-state index in [1.807, 2.05) is 18.2 Å². The number of methoxy groups -OCH3 is 3. The van der Waals surface area contributed by atoms with Crippen LogP contribution in [0.2, 0.25) is 0 Å². The van der Waals surface area contributed by atoms with Crippen LogP contribution in [-0.4, -0.2) is 31.9 Å². The monoisotopic (exact) mass is 494 g/mol. The van der Waals surface area contributed by atoms with Crippen molar-refractivity contribution in [3.63, 3.8) is 0 Å². The Hall–Kier alpha value is -4.27. The number of esters is 1. The second kappa shape index (κ2) is 10.2. The lowest BCUT2D eigenvalue weighted by Crippen LogP contribution is -2.35. The molecule has 1 unspecified atom stereocenters. The molecule has 8 nitrogen and oxygen atoms in total. The minimum absolute atomic E-state index is 0.0102. The van der Waals surface area contributed by atoms with E-state index >= 15 is 0 Å². The molecular weight excluding hydrogens is 467 g/mol. The maximum Gasteiger partial charge on any atom is 0.340 e. The molecule has 0 radical (unpaired) electrons. The first-order chi connectivity index (χ1) is 17.3. The van der Waals surface area contributed by atoms with E-state index < -0.39 is 17.7 Å². The van der Waals surface area contributed by atoms with Gasteiger partial charge in [-0.1, -0.05) is 18.2 Å². The molecule has 0 saturated heterocycles. The predicted molar refractivity (Wildman–Crippen MR) is 131 cm³/mol. The SMILES string of the molecule is COC(=O)C1=C(N)Oc2cc(C)n(CCc3ccc(OC)c(OC)c3)c(=O)c2C1c1ccc(F)cc1. The van der Waals surface area contributed by atoms with Crippen LogP contribution < -0.4 is 25.5 Å². The number of rotatable bonds is 7. The number of pyridine rings is 1. The van der Waals surface area contributed by atoms with Crippen LogP contribution in [-0.2, 0) is 22.5 Å².